The third-order valence-electron chi connectivity index (χ3n) is 8.70. The van der Waals surface area contributed by atoms with Crippen molar-refractivity contribution in [2.75, 3.05) is 13.2 Å². The molecule has 0 aliphatic heterocycles. The number of oxime groups is 1. The van der Waals surface area contributed by atoms with Crippen LogP contribution in [0.1, 0.15) is 65.2 Å². The minimum absolute atomic E-state index is 0.151. The van der Waals surface area contributed by atoms with Gasteiger partial charge >= 0.3 is 0 Å². The van der Waals surface area contributed by atoms with E-state index in [1.54, 1.807) is 0 Å². The molecule has 4 aliphatic carbocycles. The second-order valence-corrected chi connectivity index (χ2v) is 9.83. The van der Waals surface area contributed by atoms with E-state index in [2.05, 4.69) is 19.0 Å². The Morgan fingerprint density at radius 3 is 2.68 bits per heavy atom. The maximum absolute atomic E-state index is 14.1. The fourth-order valence-electron chi connectivity index (χ4n) is 7.16. The zero-order chi connectivity index (χ0) is 20.1. The SMILES string of the molecule is C[C@]12CCC(=NOCCN)CC1C(=C(F)F)C[C@@H]1[C@H]2CC[C@]2(C)C(=O)CC[C@@H]12. The van der Waals surface area contributed by atoms with Crippen molar-refractivity contribution in [2.24, 2.45) is 45.4 Å². The monoisotopic (exact) mass is 394 g/mol. The van der Waals surface area contributed by atoms with Crippen molar-refractivity contribution in [3.8, 4) is 0 Å². The van der Waals surface area contributed by atoms with Gasteiger partial charge in [0.15, 0.2) is 0 Å². The Morgan fingerprint density at radius 1 is 1.18 bits per heavy atom. The van der Waals surface area contributed by atoms with Gasteiger partial charge in [0.1, 0.15) is 12.4 Å². The number of fused-ring (bicyclic) bond motifs is 5. The van der Waals surface area contributed by atoms with E-state index in [9.17, 15) is 13.6 Å². The highest BCUT2D eigenvalue weighted by molar-refractivity contribution is 5.87. The molecule has 4 saturated carbocycles. The summed E-state index contributed by atoms with van der Waals surface area (Å²) in [7, 11) is 0. The van der Waals surface area contributed by atoms with Crippen LogP contribution in [0.5, 0.6) is 0 Å². The van der Waals surface area contributed by atoms with Gasteiger partial charge in [0.25, 0.3) is 6.08 Å². The summed E-state index contributed by atoms with van der Waals surface area (Å²) in [6.45, 7) is 5.05. The number of rotatable bonds is 3. The molecule has 4 aliphatic rings. The van der Waals surface area contributed by atoms with Gasteiger partial charge in [0.2, 0.25) is 0 Å². The van der Waals surface area contributed by atoms with E-state index in [0.29, 0.717) is 49.7 Å². The highest BCUT2D eigenvalue weighted by Crippen LogP contribution is 2.66. The summed E-state index contributed by atoms with van der Waals surface area (Å²) in [5, 5.41) is 4.19. The molecule has 0 amide bonds. The van der Waals surface area contributed by atoms with Crippen molar-refractivity contribution in [2.45, 2.75) is 65.2 Å². The van der Waals surface area contributed by atoms with Gasteiger partial charge in [0.05, 0.1) is 5.71 Å². The predicted octanol–water partition coefficient (Wildman–Crippen LogP) is 4.69. The summed E-state index contributed by atoms with van der Waals surface area (Å²) in [5.41, 5.74) is 6.20. The molecule has 0 radical (unpaired) electrons. The molecule has 0 spiro atoms. The van der Waals surface area contributed by atoms with Crippen LogP contribution in [-0.4, -0.2) is 24.6 Å². The Bertz CT molecular complexity index is 717. The number of nitrogens with zero attached hydrogens (tertiary/aromatic N) is 1. The van der Waals surface area contributed by atoms with Crippen LogP contribution < -0.4 is 5.73 Å². The maximum atomic E-state index is 14.1. The molecule has 0 aromatic rings. The van der Waals surface area contributed by atoms with Gasteiger partial charge in [-0.15, -0.1) is 0 Å². The Balaban J connectivity index is 1.65. The van der Waals surface area contributed by atoms with Gasteiger partial charge in [-0.1, -0.05) is 19.0 Å². The van der Waals surface area contributed by atoms with E-state index >= 15 is 0 Å². The number of hydrogen-bond acceptors (Lipinski definition) is 4. The third kappa shape index (κ3) is 2.94. The summed E-state index contributed by atoms with van der Waals surface area (Å²) >= 11 is 0. The zero-order valence-corrected chi connectivity index (χ0v) is 17.0. The Labute approximate surface area is 165 Å². The predicted molar refractivity (Wildman–Crippen MR) is 104 cm³/mol. The molecule has 2 N–H and O–H groups in total. The largest absolute Gasteiger partial charge is 0.395 e. The van der Waals surface area contributed by atoms with Crippen LogP contribution in [0, 0.1) is 34.5 Å². The summed E-state index contributed by atoms with van der Waals surface area (Å²) in [6, 6.07) is 0. The Hall–Kier alpha value is -1.30. The first-order chi connectivity index (χ1) is 13.3. The molecule has 0 bridgehead atoms. The molecule has 28 heavy (non-hydrogen) atoms. The summed E-state index contributed by atoms with van der Waals surface area (Å²) in [5.74, 6) is 1.05. The van der Waals surface area contributed by atoms with Crippen LogP contribution in [0.3, 0.4) is 0 Å². The van der Waals surface area contributed by atoms with E-state index in [4.69, 9.17) is 10.6 Å². The van der Waals surface area contributed by atoms with Gasteiger partial charge in [-0.2, -0.15) is 8.78 Å². The molecule has 0 aromatic carbocycles. The van der Waals surface area contributed by atoms with E-state index in [-0.39, 0.29) is 28.6 Å². The van der Waals surface area contributed by atoms with Crippen LogP contribution in [0.2, 0.25) is 0 Å². The normalized spacial score (nSPS) is 44.1. The number of ketones is 1. The van der Waals surface area contributed by atoms with Gasteiger partial charge in [0, 0.05) is 18.4 Å². The minimum Gasteiger partial charge on any atom is -0.395 e. The van der Waals surface area contributed by atoms with Gasteiger partial charge in [-0.05, 0) is 79.6 Å². The maximum Gasteiger partial charge on any atom is 0.269 e. The number of carbonyl (C=O) groups is 1. The lowest BCUT2D eigenvalue weighted by atomic mass is 9.44. The number of carbonyl (C=O) groups excluding carboxylic acids is 1. The first kappa shape index (κ1) is 20.0. The molecule has 0 saturated heterocycles. The molecule has 156 valence electrons. The summed E-state index contributed by atoms with van der Waals surface area (Å²) < 4.78 is 28.2. The fourth-order valence-corrected chi connectivity index (χ4v) is 7.16. The number of nitrogens with two attached hydrogens (primary N) is 1. The van der Waals surface area contributed by atoms with E-state index in [1.807, 2.05) is 0 Å². The molecule has 6 heteroatoms. The average Bonchev–Trinajstić information content (AvgIpc) is 2.96. The first-order valence-corrected chi connectivity index (χ1v) is 10.8. The van der Waals surface area contributed by atoms with Gasteiger partial charge < -0.3 is 10.6 Å². The Kier molecular flexibility index (Phi) is 5.13. The second-order valence-electron chi connectivity index (χ2n) is 9.83. The smallest absolute Gasteiger partial charge is 0.269 e. The van der Waals surface area contributed by atoms with E-state index in [0.717, 1.165) is 37.8 Å². The lowest BCUT2D eigenvalue weighted by molar-refractivity contribution is -0.134. The van der Waals surface area contributed by atoms with Gasteiger partial charge in [-0.3, -0.25) is 4.79 Å². The van der Waals surface area contributed by atoms with Crippen molar-refractivity contribution in [1.82, 2.24) is 0 Å². The fraction of sp³-hybridized carbons (Fsp3) is 0.818. The van der Waals surface area contributed by atoms with Crippen LogP contribution in [0.15, 0.2) is 16.8 Å². The van der Waals surface area contributed by atoms with Crippen molar-refractivity contribution in [3.05, 3.63) is 11.7 Å². The molecule has 4 rings (SSSR count). The van der Waals surface area contributed by atoms with Gasteiger partial charge in [-0.25, -0.2) is 0 Å². The number of halogens is 2. The third-order valence-corrected chi connectivity index (χ3v) is 8.70. The lowest BCUT2D eigenvalue weighted by Gasteiger charge is -2.59. The van der Waals surface area contributed by atoms with Crippen molar-refractivity contribution >= 4 is 11.5 Å². The molecule has 4 fully saturated rings. The number of allylic oxidation sites excluding steroid dienone is 1. The molecule has 0 heterocycles. The molecule has 6 atom stereocenters. The van der Waals surface area contributed by atoms with Crippen molar-refractivity contribution in [1.29, 1.82) is 0 Å². The molecule has 4 nitrogen and oxygen atoms in total. The van der Waals surface area contributed by atoms with E-state index in [1.165, 1.54) is 0 Å². The molecule has 1 unspecified atom stereocenters. The summed E-state index contributed by atoms with van der Waals surface area (Å²) in [4.78, 5) is 17.8. The molecular weight excluding hydrogens is 362 g/mol. The topological polar surface area (TPSA) is 64.7 Å². The quantitative estimate of drug-likeness (QED) is 0.558. The van der Waals surface area contributed by atoms with Crippen LogP contribution in [-0.2, 0) is 9.63 Å². The van der Waals surface area contributed by atoms with Crippen LogP contribution in [0.4, 0.5) is 8.78 Å². The average molecular weight is 395 g/mol. The molecular formula is C22H32F2N2O2. The van der Waals surface area contributed by atoms with Crippen molar-refractivity contribution < 1.29 is 18.4 Å². The zero-order valence-electron chi connectivity index (χ0n) is 17.0. The number of Topliss-reactive ketones (excluding diaryl/α,β-unsaturated/α-hetero) is 1. The van der Waals surface area contributed by atoms with Crippen LogP contribution >= 0.6 is 0 Å². The van der Waals surface area contributed by atoms with E-state index < -0.39 is 6.08 Å². The summed E-state index contributed by atoms with van der Waals surface area (Å²) in [6.07, 6.45) is 4.52. The first-order valence-electron chi connectivity index (χ1n) is 10.8. The van der Waals surface area contributed by atoms with Crippen molar-refractivity contribution in [3.63, 3.8) is 0 Å². The highest BCUT2D eigenvalue weighted by Gasteiger charge is 2.61. The standard InChI is InChI=1S/C22H32F2N2O2/c1-21-7-5-13(26-28-10-9-25)11-18(21)15(20(23)24)12-14-16-3-4-19(27)22(16,2)8-6-17(14)21/h14,16-18H,3-12,25H2,1-2H3/t14-,16-,17+,18?,21+,22-/m0/s1. The lowest BCUT2D eigenvalue weighted by Crippen LogP contribution is -2.54. The Morgan fingerprint density at radius 2 is 1.96 bits per heavy atom. The number of hydrogen-bond donors (Lipinski definition) is 1. The highest BCUT2D eigenvalue weighted by atomic mass is 19.3. The van der Waals surface area contributed by atoms with Crippen LogP contribution in [0.25, 0.3) is 0 Å². The second kappa shape index (κ2) is 7.19. The minimum atomic E-state index is -1.52. The molecule has 0 aromatic heterocycles.